The van der Waals surface area contributed by atoms with E-state index in [4.69, 9.17) is 5.11 Å². The van der Waals surface area contributed by atoms with Gasteiger partial charge in [0.15, 0.2) is 0 Å². The fraction of sp³-hybridized carbons (Fsp3) is 0.389. The molecular formula is C18H22N4O3. The predicted molar refractivity (Wildman–Crippen MR) is 92.4 cm³/mol. The highest BCUT2D eigenvalue weighted by molar-refractivity contribution is 5.87. The minimum atomic E-state index is -0.957. The van der Waals surface area contributed by atoms with Crippen LogP contribution < -0.4 is 5.32 Å². The summed E-state index contributed by atoms with van der Waals surface area (Å²) in [5.74, 6) is -0.957. The molecule has 132 valence electrons. The summed E-state index contributed by atoms with van der Waals surface area (Å²) in [6.45, 7) is 5.02. The average molecular weight is 342 g/mol. The third-order valence-electron chi connectivity index (χ3n) is 4.68. The second-order valence-electron chi connectivity index (χ2n) is 6.36. The van der Waals surface area contributed by atoms with Gasteiger partial charge in [0, 0.05) is 24.3 Å². The fourth-order valence-electron chi connectivity index (χ4n) is 3.40. The molecule has 3 rings (SSSR count). The Kier molecular flexibility index (Phi) is 4.74. The molecule has 1 aliphatic rings. The van der Waals surface area contributed by atoms with Gasteiger partial charge in [-0.2, -0.15) is 5.10 Å². The van der Waals surface area contributed by atoms with Gasteiger partial charge in [0.05, 0.1) is 17.3 Å². The molecule has 1 aromatic heterocycles. The highest BCUT2D eigenvalue weighted by Crippen LogP contribution is 2.34. The Labute approximate surface area is 146 Å². The van der Waals surface area contributed by atoms with Crippen molar-refractivity contribution in [1.82, 2.24) is 20.4 Å². The van der Waals surface area contributed by atoms with E-state index in [9.17, 15) is 9.59 Å². The van der Waals surface area contributed by atoms with E-state index in [0.29, 0.717) is 6.54 Å². The lowest BCUT2D eigenvalue weighted by Crippen LogP contribution is -2.39. The number of rotatable bonds is 4. The van der Waals surface area contributed by atoms with Gasteiger partial charge in [0.2, 0.25) is 0 Å². The number of carbonyl (C=O) groups is 2. The number of aryl methyl sites for hydroxylation is 2. The molecule has 2 heterocycles. The van der Waals surface area contributed by atoms with E-state index in [1.54, 1.807) is 24.3 Å². The standard InChI is InChI=1S/C18H22N4O3/c1-11-16(12(2)21-20-11)15-4-3-9-22(15)18(25)19-10-13-5-7-14(8-6-13)17(23)24/h5-8,15H,3-4,9-10H2,1-2H3,(H,19,25)(H,20,21)(H,23,24). The number of amides is 2. The van der Waals surface area contributed by atoms with Crippen molar-refractivity contribution in [2.75, 3.05) is 6.54 Å². The van der Waals surface area contributed by atoms with Crippen LogP contribution in [-0.4, -0.2) is 38.7 Å². The van der Waals surface area contributed by atoms with Gasteiger partial charge in [0.1, 0.15) is 0 Å². The molecule has 0 aliphatic carbocycles. The van der Waals surface area contributed by atoms with Gasteiger partial charge in [-0.1, -0.05) is 12.1 Å². The molecule has 7 nitrogen and oxygen atoms in total. The van der Waals surface area contributed by atoms with Gasteiger partial charge in [-0.05, 0) is 44.4 Å². The summed E-state index contributed by atoms with van der Waals surface area (Å²) >= 11 is 0. The summed E-state index contributed by atoms with van der Waals surface area (Å²) in [7, 11) is 0. The Morgan fingerprint density at radius 1 is 1.32 bits per heavy atom. The van der Waals surface area contributed by atoms with Crippen molar-refractivity contribution in [3.63, 3.8) is 0 Å². The largest absolute Gasteiger partial charge is 0.478 e. The summed E-state index contributed by atoms with van der Waals surface area (Å²) < 4.78 is 0. The summed E-state index contributed by atoms with van der Waals surface area (Å²) in [5, 5.41) is 19.1. The summed E-state index contributed by atoms with van der Waals surface area (Å²) in [6.07, 6.45) is 1.90. The Balaban J connectivity index is 1.65. The topological polar surface area (TPSA) is 98.3 Å². The zero-order valence-electron chi connectivity index (χ0n) is 14.4. The molecule has 0 saturated carbocycles. The smallest absolute Gasteiger partial charge is 0.335 e. The Bertz CT molecular complexity index is 763. The number of aromatic amines is 1. The minimum Gasteiger partial charge on any atom is -0.478 e. The van der Waals surface area contributed by atoms with Crippen LogP contribution in [0.25, 0.3) is 0 Å². The van der Waals surface area contributed by atoms with Gasteiger partial charge in [-0.3, -0.25) is 5.10 Å². The van der Waals surface area contributed by atoms with Gasteiger partial charge < -0.3 is 15.3 Å². The number of hydrogen-bond donors (Lipinski definition) is 3. The van der Waals surface area contributed by atoms with E-state index in [-0.39, 0.29) is 17.6 Å². The first-order chi connectivity index (χ1) is 12.0. The highest BCUT2D eigenvalue weighted by Gasteiger charge is 2.32. The second kappa shape index (κ2) is 6.96. The lowest BCUT2D eigenvalue weighted by molar-refractivity contribution is 0.0697. The number of hydrogen-bond acceptors (Lipinski definition) is 3. The first-order valence-corrected chi connectivity index (χ1v) is 8.35. The zero-order chi connectivity index (χ0) is 18.0. The van der Waals surface area contributed by atoms with Gasteiger partial charge >= 0.3 is 12.0 Å². The molecule has 2 aromatic rings. The molecule has 0 radical (unpaired) electrons. The lowest BCUT2D eigenvalue weighted by atomic mass is 10.0. The number of carboxylic acid groups (broad SMARTS) is 1. The molecule has 25 heavy (non-hydrogen) atoms. The van der Waals surface area contributed by atoms with E-state index in [0.717, 1.165) is 41.9 Å². The number of aromatic carboxylic acids is 1. The normalized spacial score (nSPS) is 16.9. The summed E-state index contributed by atoms with van der Waals surface area (Å²) in [4.78, 5) is 25.3. The van der Waals surface area contributed by atoms with Crippen LogP contribution in [0.4, 0.5) is 4.79 Å². The van der Waals surface area contributed by atoms with Gasteiger partial charge in [-0.15, -0.1) is 0 Å². The van der Waals surface area contributed by atoms with Crippen molar-refractivity contribution >= 4 is 12.0 Å². The number of urea groups is 1. The van der Waals surface area contributed by atoms with E-state index in [1.165, 1.54) is 0 Å². The van der Waals surface area contributed by atoms with E-state index in [2.05, 4.69) is 15.5 Å². The summed E-state index contributed by atoms with van der Waals surface area (Å²) in [6, 6.07) is 6.46. The minimum absolute atomic E-state index is 0.0492. The van der Waals surface area contributed by atoms with E-state index in [1.807, 2.05) is 18.7 Å². The molecule has 2 amide bonds. The van der Waals surface area contributed by atoms with Gasteiger partial charge in [-0.25, -0.2) is 9.59 Å². The first kappa shape index (κ1) is 17.0. The number of benzene rings is 1. The highest BCUT2D eigenvalue weighted by atomic mass is 16.4. The van der Waals surface area contributed by atoms with Crippen LogP contribution in [0.5, 0.6) is 0 Å². The molecule has 7 heteroatoms. The molecule has 1 aromatic carbocycles. The maximum absolute atomic E-state index is 12.6. The Morgan fingerprint density at radius 2 is 2.04 bits per heavy atom. The molecule has 0 bridgehead atoms. The second-order valence-corrected chi connectivity index (χ2v) is 6.36. The number of nitrogens with zero attached hydrogens (tertiary/aromatic N) is 2. The van der Waals surface area contributed by atoms with Crippen LogP contribution >= 0.6 is 0 Å². The number of carbonyl (C=O) groups excluding carboxylic acids is 1. The molecule has 1 aliphatic heterocycles. The molecule has 1 saturated heterocycles. The maximum atomic E-state index is 12.6. The lowest BCUT2D eigenvalue weighted by Gasteiger charge is -2.25. The zero-order valence-corrected chi connectivity index (χ0v) is 14.4. The van der Waals surface area contributed by atoms with Crippen LogP contribution in [0.3, 0.4) is 0 Å². The molecular weight excluding hydrogens is 320 g/mol. The monoisotopic (exact) mass is 342 g/mol. The number of aromatic nitrogens is 2. The molecule has 3 N–H and O–H groups in total. The Morgan fingerprint density at radius 3 is 2.64 bits per heavy atom. The van der Waals surface area contributed by atoms with E-state index >= 15 is 0 Å². The third kappa shape index (κ3) is 3.50. The van der Waals surface area contributed by atoms with Crippen molar-refractivity contribution < 1.29 is 14.7 Å². The molecule has 1 atom stereocenters. The Hall–Kier alpha value is -2.83. The number of carboxylic acids is 1. The number of H-pyrrole nitrogens is 1. The van der Waals surface area contributed by atoms with Crippen molar-refractivity contribution in [2.45, 2.75) is 39.3 Å². The van der Waals surface area contributed by atoms with Crippen LogP contribution in [0, 0.1) is 13.8 Å². The SMILES string of the molecule is Cc1n[nH]c(C)c1C1CCCN1C(=O)NCc1ccc(C(=O)O)cc1. The van der Waals surface area contributed by atoms with Crippen LogP contribution in [0.1, 0.15) is 51.8 Å². The van der Waals surface area contributed by atoms with Crippen LogP contribution in [0.15, 0.2) is 24.3 Å². The third-order valence-corrected chi connectivity index (χ3v) is 4.68. The molecule has 1 unspecified atom stereocenters. The van der Waals surface area contributed by atoms with Crippen LogP contribution in [-0.2, 0) is 6.54 Å². The maximum Gasteiger partial charge on any atom is 0.335 e. The fourth-order valence-corrected chi connectivity index (χ4v) is 3.40. The first-order valence-electron chi connectivity index (χ1n) is 8.35. The van der Waals surface area contributed by atoms with Crippen molar-refractivity contribution in [3.05, 3.63) is 52.3 Å². The number of nitrogens with one attached hydrogen (secondary N) is 2. The van der Waals surface area contributed by atoms with Crippen molar-refractivity contribution in [2.24, 2.45) is 0 Å². The summed E-state index contributed by atoms with van der Waals surface area (Å²) in [5.41, 5.74) is 4.15. The van der Waals surface area contributed by atoms with Crippen molar-refractivity contribution in [3.8, 4) is 0 Å². The van der Waals surface area contributed by atoms with Gasteiger partial charge in [0.25, 0.3) is 0 Å². The van der Waals surface area contributed by atoms with E-state index < -0.39 is 5.97 Å². The molecule has 0 spiro atoms. The quantitative estimate of drug-likeness (QED) is 0.795. The molecule has 1 fully saturated rings. The average Bonchev–Trinajstić information content (AvgIpc) is 3.19. The van der Waals surface area contributed by atoms with Crippen LogP contribution in [0.2, 0.25) is 0 Å². The number of likely N-dealkylation sites (tertiary alicyclic amines) is 1. The van der Waals surface area contributed by atoms with Crippen molar-refractivity contribution in [1.29, 1.82) is 0 Å². The predicted octanol–water partition coefficient (Wildman–Crippen LogP) is 2.77.